The highest BCUT2D eigenvalue weighted by atomic mass is 32.2. The Bertz CT molecular complexity index is 1780. The summed E-state index contributed by atoms with van der Waals surface area (Å²) in [4.78, 5) is 21.5. The number of nitrogens with zero attached hydrogens (tertiary/aromatic N) is 4. The van der Waals surface area contributed by atoms with Crippen LogP contribution in [0.25, 0.3) is 11.1 Å². The molecular weight excluding hydrogens is 571 g/mol. The van der Waals surface area contributed by atoms with E-state index < -0.39 is 15.3 Å². The predicted molar refractivity (Wildman–Crippen MR) is 163 cm³/mol. The number of amides is 1. The summed E-state index contributed by atoms with van der Waals surface area (Å²) in [5, 5.41) is 22.3. The zero-order valence-electron chi connectivity index (χ0n) is 22.8. The molecule has 1 amide bonds. The van der Waals surface area contributed by atoms with E-state index in [-0.39, 0.29) is 38.6 Å². The van der Waals surface area contributed by atoms with Crippen LogP contribution in [0.2, 0.25) is 0 Å². The van der Waals surface area contributed by atoms with Gasteiger partial charge in [0.05, 0.1) is 15.7 Å². The van der Waals surface area contributed by atoms with Crippen molar-refractivity contribution in [1.29, 1.82) is 10.5 Å². The minimum Gasteiger partial charge on any atom is -0.383 e. The number of sulfonamides is 1. The number of aromatic nitrogens is 2. The maximum absolute atomic E-state index is 13.2. The number of nitrogen functional groups attached to an aromatic ring is 1. The van der Waals surface area contributed by atoms with Crippen molar-refractivity contribution in [3.63, 3.8) is 0 Å². The smallest absolute Gasteiger partial charge is 0.263 e. The van der Waals surface area contributed by atoms with Crippen LogP contribution in [0.1, 0.15) is 37.0 Å². The molecule has 0 saturated carbocycles. The lowest BCUT2D eigenvalue weighted by molar-refractivity contribution is -0.115. The summed E-state index contributed by atoms with van der Waals surface area (Å²) in [5.41, 5.74) is 8.94. The van der Waals surface area contributed by atoms with Gasteiger partial charge in [-0.1, -0.05) is 55.9 Å². The van der Waals surface area contributed by atoms with Gasteiger partial charge in [-0.15, -0.1) is 0 Å². The number of rotatable bonds is 10. The highest BCUT2D eigenvalue weighted by Gasteiger charge is 2.26. The Morgan fingerprint density at radius 1 is 1.00 bits per heavy atom. The molecule has 0 aliphatic heterocycles. The van der Waals surface area contributed by atoms with Crippen molar-refractivity contribution in [1.82, 2.24) is 9.97 Å². The first kappa shape index (κ1) is 30.1. The number of pyridine rings is 2. The van der Waals surface area contributed by atoms with E-state index in [1.165, 1.54) is 36.5 Å². The van der Waals surface area contributed by atoms with Crippen molar-refractivity contribution in [2.75, 3.05) is 15.8 Å². The quantitative estimate of drug-likeness (QED) is 0.204. The largest absolute Gasteiger partial charge is 0.383 e. The van der Waals surface area contributed by atoms with Crippen molar-refractivity contribution in [2.24, 2.45) is 0 Å². The van der Waals surface area contributed by atoms with E-state index in [0.717, 1.165) is 23.7 Å². The molecule has 2 heterocycles. The molecule has 4 N–H and O–H groups in total. The number of hydrogen-bond acceptors (Lipinski definition) is 9. The van der Waals surface area contributed by atoms with E-state index >= 15 is 0 Å². The molecule has 4 rings (SSSR count). The molecule has 0 aliphatic rings. The average molecular weight is 598 g/mol. The van der Waals surface area contributed by atoms with E-state index in [4.69, 9.17) is 5.73 Å². The standard InChI is InChI=1S/C30H27N7O3S2/c1-3-19-8-10-20(11-9-19)27-23(17-31)28(33)36-30(24(27)18-32)41-25(4-2)29(38)35-21-12-14-22(15-13-21)42(39,40)37-26-7-5-6-16-34-26/h5-16,25H,3-4H2,1-2H3,(H2,33,36)(H,34,37)(H,35,38). The van der Waals surface area contributed by atoms with Gasteiger partial charge < -0.3 is 11.1 Å². The first-order valence-electron chi connectivity index (χ1n) is 12.9. The zero-order chi connectivity index (χ0) is 30.3. The van der Waals surface area contributed by atoms with Crippen molar-refractivity contribution in [3.8, 4) is 23.3 Å². The summed E-state index contributed by atoms with van der Waals surface area (Å²) in [7, 11) is -3.87. The monoisotopic (exact) mass is 597 g/mol. The molecule has 0 fully saturated rings. The Labute approximate surface area is 248 Å². The van der Waals surface area contributed by atoms with Crippen LogP contribution in [-0.4, -0.2) is 29.5 Å². The van der Waals surface area contributed by atoms with Crippen LogP contribution in [-0.2, 0) is 21.2 Å². The molecule has 2 aromatic carbocycles. The maximum atomic E-state index is 13.2. The van der Waals surface area contributed by atoms with Gasteiger partial charge in [0.1, 0.15) is 34.4 Å². The van der Waals surface area contributed by atoms with Gasteiger partial charge in [0.25, 0.3) is 10.0 Å². The fourth-order valence-electron chi connectivity index (χ4n) is 4.10. The number of nitrogens with one attached hydrogen (secondary N) is 2. The lowest BCUT2D eigenvalue weighted by Gasteiger charge is -2.18. The molecule has 0 aliphatic carbocycles. The van der Waals surface area contributed by atoms with Crippen LogP contribution >= 0.6 is 11.8 Å². The summed E-state index contributed by atoms with van der Waals surface area (Å²) in [6, 6.07) is 22.3. The van der Waals surface area contributed by atoms with Gasteiger partial charge in [-0.05, 0) is 60.4 Å². The number of hydrogen-bond donors (Lipinski definition) is 3. The SMILES string of the molecule is CCc1ccc(-c2c(C#N)c(N)nc(SC(CC)C(=O)Nc3ccc(S(=O)(=O)Nc4ccccn4)cc3)c2C#N)cc1. The van der Waals surface area contributed by atoms with Crippen LogP contribution in [0.15, 0.2) is 82.8 Å². The zero-order valence-corrected chi connectivity index (χ0v) is 24.5. The number of anilines is 3. The Morgan fingerprint density at radius 2 is 1.69 bits per heavy atom. The van der Waals surface area contributed by atoms with E-state index in [1.807, 2.05) is 38.1 Å². The molecule has 10 nitrogen and oxygen atoms in total. The molecule has 42 heavy (non-hydrogen) atoms. The second kappa shape index (κ2) is 13.2. The van der Waals surface area contributed by atoms with E-state index in [1.54, 1.807) is 12.1 Å². The van der Waals surface area contributed by atoms with Gasteiger partial charge in [0, 0.05) is 17.4 Å². The molecule has 0 spiro atoms. The highest BCUT2D eigenvalue weighted by Crippen LogP contribution is 2.38. The van der Waals surface area contributed by atoms with E-state index in [2.05, 4.69) is 32.1 Å². The van der Waals surface area contributed by atoms with Gasteiger partial charge in [-0.2, -0.15) is 10.5 Å². The van der Waals surface area contributed by atoms with Gasteiger partial charge in [-0.3, -0.25) is 9.52 Å². The molecule has 2 aromatic heterocycles. The van der Waals surface area contributed by atoms with Crippen LogP contribution in [0.3, 0.4) is 0 Å². The molecule has 1 atom stereocenters. The van der Waals surface area contributed by atoms with Gasteiger partial charge in [-0.25, -0.2) is 18.4 Å². The highest BCUT2D eigenvalue weighted by molar-refractivity contribution is 8.00. The number of carbonyl (C=O) groups excluding carboxylic acids is 1. The van der Waals surface area contributed by atoms with Gasteiger partial charge in [0.15, 0.2) is 0 Å². The topological polar surface area (TPSA) is 175 Å². The van der Waals surface area contributed by atoms with Crippen LogP contribution in [0.5, 0.6) is 0 Å². The first-order valence-corrected chi connectivity index (χ1v) is 15.3. The second-order valence-electron chi connectivity index (χ2n) is 9.05. The fraction of sp³-hybridized carbons (Fsp3) is 0.167. The first-order chi connectivity index (χ1) is 20.2. The molecule has 0 bridgehead atoms. The van der Waals surface area contributed by atoms with Crippen molar-refractivity contribution >= 4 is 45.0 Å². The molecule has 1 unspecified atom stereocenters. The van der Waals surface area contributed by atoms with Crippen LogP contribution in [0.4, 0.5) is 17.3 Å². The minimum absolute atomic E-state index is 0.00277. The normalized spacial score (nSPS) is 11.6. The van der Waals surface area contributed by atoms with E-state index in [9.17, 15) is 23.7 Å². The summed E-state index contributed by atoms with van der Waals surface area (Å²) in [6.07, 6.45) is 2.71. The van der Waals surface area contributed by atoms with Crippen molar-refractivity contribution in [3.05, 3.63) is 89.6 Å². The third-order valence-corrected chi connectivity index (χ3v) is 9.04. The molecule has 212 valence electrons. The molecular formula is C30H27N7O3S2. The predicted octanol–water partition coefficient (Wildman–Crippen LogP) is 5.34. The summed E-state index contributed by atoms with van der Waals surface area (Å²) in [5.74, 6) is -0.209. The minimum atomic E-state index is -3.87. The molecule has 0 saturated heterocycles. The Balaban J connectivity index is 1.56. The Morgan fingerprint density at radius 3 is 2.26 bits per heavy atom. The Kier molecular flexibility index (Phi) is 9.42. The van der Waals surface area contributed by atoms with Gasteiger partial charge >= 0.3 is 0 Å². The second-order valence-corrected chi connectivity index (χ2v) is 11.9. The Hall–Kier alpha value is -4.91. The number of aryl methyl sites for hydroxylation is 1. The molecule has 0 radical (unpaired) electrons. The van der Waals surface area contributed by atoms with Crippen molar-refractivity contribution in [2.45, 2.75) is 41.9 Å². The summed E-state index contributed by atoms with van der Waals surface area (Å²) in [6.45, 7) is 3.85. The summed E-state index contributed by atoms with van der Waals surface area (Å²) < 4.78 is 27.8. The maximum Gasteiger partial charge on any atom is 0.263 e. The van der Waals surface area contributed by atoms with Crippen molar-refractivity contribution < 1.29 is 13.2 Å². The molecule has 12 heteroatoms. The number of benzene rings is 2. The lowest BCUT2D eigenvalue weighted by Crippen LogP contribution is -2.25. The third-order valence-electron chi connectivity index (χ3n) is 6.32. The number of nitrogens with two attached hydrogens (primary N) is 1. The number of carbonyl (C=O) groups is 1. The lowest BCUT2D eigenvalue weighted by atomic mass is 9.96. The fourth-order valence-corrected chi connectivity index (χ4v) is 6.12. The average Bonchev–Trinajstić information content (AvgIpc) is 3.00. The molecule has 4 aromatic rings. The summed E-state index contributed by atoms with van der Waals surface area (Å²) >= 11 is 1.08. The van der Waals surface area contributed by atoms with Crippen LogP contribution in [0, 0.1) is 22.7 Å². The van der Waals surface area contributed by atoms with E-state index in [0.29, 0.717) is 23.2 Å². The van der Waals surface area contributed by atoms with Gasteiger partial charge in [0.2, 0.25) is 5.91 Å². The third kappa shape index (κ3) is 6.69. The number of nitriles is 2. The van der Waals surface area contributed by atoms with Crippen LogP contribution < -0.4 is 15.8 Å². The number of thioether (sulfide) groups is 1.